The van der Waals surface area contributed by atoms with Crippen LogP contribution in [-0.4, -0.2) is 62.6 Å². The maximum Gasteiger partial charge on any atom is 0.192 e. The normalized spacial score (nSPS) is 11.6. The number of hydrogen-bond acceptors (Lipinski definition) is 2. The van der Waals surface area contributed by atoms with Gasteiger partial charge in [-0.3, -0.25) is 9.89 Å². The summed E-state index contributed by atoms with van der Waals surface area (Å²) in [6, 6.07) is 1.38. The maximum absolute atomic E-state index is 3.94. The van der Waals surface area contributed by atoms with Crippen LogP contribution in [0.1, 0.15) is 34.6 Å². The Hall–Kier alpha value is -0.770. The quantitative estimate of drug-likeness (QED) is 0.607. The molecular formula is C13H32N4. The van der Waals surface area contributed by atoms with Crippen molar-refractivity contribution in [1.29, 1.82) is 0 Å². The van der Waals surface area contributed by atoms with E-state index in [0.717, 1.165) is 12.5 Å². The summed E-state index contributed by atoms with van der Waals surface area (Å²) in [6.45, 7) is 12.3. The molecule has 1 N–H and O–H groups in total. The molecule has 0 amide bonds. The van der Waals surface area contributed by atoms with Crippen molar-refractivity contribution in [3.8, 4) is 0 Å². The summed E-state index contributed by atoms with van der Waals surface area (Å²) in [4.78, 5) is 8.31. The second kappa shape index (κ2) is 10.4. The highest BCUT2D eigenvalue weighted by Gasteiger charge is 2.08. The Kier molecular flexibility index (Phi) is 11.4. The van der Waals surface area contributed by atoms with Gasteiger partial charge in [0.15, 0.2) is 5.96 Å². The van der Waals surface area contributed by atoms with Gasteiger partial charge in [-0.2, -0.15) is 0 Å². The van der Waals surface area contributed by atoms with Crippen LogP contribution in [0.3, 0.4) is 0 Å². The average Bonchev–Trinajstić information content (AvgIpc) is 2.19. The van der Waals surface area contributed by atoms with Gasteiger partial charge in [0.1, 0.15) is 0 Å². The largest absolute Gasteiger partial charge is 0.359 e. The standard InChI is InChI=1S/C8H19N.C5H13N3/c1-6-9(7(2)3)8(4)5;1-6-5(7-2)8(3)4/h7-8H,6H2,1-5H3;1-4H3,(H,6,7). The maximum atomic E-state index is 3.94. The number of hydrogen-bond donors (Lipinski definition) is 1. The van der Waals surface area contributed by atoms with E-state index >= 15 is 0 Å². The first kappa shape index (κ1) is 18.6. The van der Waals surface area contributed by atoms with Crippen LogP contribution >= 0.6 is 0 Å². The van der Waals surface area contributed by atoms with Gasteiger partial charge >= 0.3 is 0 Å². The second-order valence-electron chi connectivity index (χ2n) is 4.71. The minimum absolute atomic E-state index is 0.690. The number of rotatable bonds is 3. The van der Waals surface area contributed by atoms with Gasteiger partial charge in [-0.25, -0.2) is 0 Å². The molecule has 4 nitrogen and oxygen atoms in total. The molecule has 0 aliphatic rings. The Bertz CT molecular complexity index is 190. The van der Waals surface area contributed by atoms with E-state index in [2.05, 4.69) is 49.8 Å². The van der Waals surface area contributed by atoms with E-state index in [9.17, 15) is 0 Å². The highest BCUT2D eigenvalue weighted by Crippen LogP contribution is 2.02. The van der Waals surface area contributed by atoms with Gasteiger partial charge in [0.2, 0.25) is 0 Å². The van der Waals surface area contributed by atoms with Crippen LogP contribution in [0.4, 0.5) is 0 Å². The van der Waals surface area contributed by atoms with Crippen molar-refractivity contribution < 1.29 is 0 Å². The van der Waals surface area contributed by atoms with Gasteiger partial charge in [0.25, 0.3) is 0 Å². The third-order valence-electron chi connectivity index (χ3n) is 2.55. The third-order valence-corrected chi connectivity index (χ3v) is 2.55. The third kappa shape index (κ3) is 8.98. The fourth-order valence-corrected chi connectivity index (χ4v) is 1.86. The summed E-state index contributed by atoms with van der Waals surface area (Å²) < 4.78 is 0. The van der Waals surface area contributed by atoms with E-state index in [1.807, 2.05) is 26.0 Å². The highest BCUT2D eigenvalue weighted by atomic mass is 15.2. The SMILES string of the molecule is CCN(C(C)C)C(C)C.CN=C(NC)N(C)C. The van der Waals surface area contributed by atoms with Gasteiger partial charge in [-0.15, -0.1) is 0 Å². The Morgan fingerprint density at radius 2 is 1.53 bits per heavy atom. The molecule has 0 rings (SSSR count). The zero-order chi connectivity index (χ0) is 14.0. The minimum atomic E-state index is 0.690. The van der Waals surface area contributed by atoms with Crippen molar-refractivity contribution in [2.75, 3.05) is 34.7 Å². The molecule has 0 heterocycles. The van der Waals surface area contributed by atoms with E-state index in [0.29, 0.717) is 12.1 Å². The van der Waals surface area contributed by atoms with Crippen molar-refractivity contribution in [2.24, 2.45) is 4.99 Å². The van der Waals surface area contributed by atoms with Crippen LogP contribution in [0.25, 0.3) is 0 Å². The van der Waals surface area contributed by atoms with Gasteiger partial charge < -0.3 is 10.2 Å². The molecule has 0 aromatic rings. The summed E-state index contributed by atoms with van der Waals surface area (Å²) in [7, 11) is 7.49. The number of guanidine groups is 1. The van der Waals surface area contributed by atoms with Crippen molar-refractivity contribution in [2.45, 2.75) is 46.7 Å². The molecule has 0 bridgehead atoms. The molecule has 0 saturated heterocycles. The molecule has 4 heteroatoms. The molecule has 0 aromatic heterocycles. The molecule has 0 aliphatic carbocycles. The Morgan fingerprint density at radius 3 is 1.53 bits per heavy atom. The van der Waals surface area contributed by atoms with E-state index in [-0.39, 0.29) is 0 Å². The van der Waals surface area contributed by atoms with Gasteiger partial charge in [0.05, 0.1) is 0 Å². The van der Waals surface area contributed by atoms with Crippen LogP contribution in [0.15, 0.2) is 4.99 Å². The lowest BCUT2D eigenvalue weighted by atomic mass is 10.2. The van der Waals surface area contributed by atoms with Crippen molar-refractivity contribution in [3.63, 3.8) is 0 Å². The molecule has 0 aliphatic heterocycles. The van der Waals surface area contributed by atoms with E-state index in [4.69, 9.17) is 0 Å². The van der Waals surface area contributed by atoms with E-state index in [1.54, 1.807) is 7.05 Å². The van der Waals surface area contributed by atoms with Crippen LogP contribution < -0.4 is 5.32 Å². The molecule has 0 unspecified atom stereocenters. The molecule has 0 spiro atoms. The number of nitrogens with zero attached hydrogens (tertiary/aromatic N) is 3. The first-order valence-electron chi connectivity index (χ1n) is 6.39. The lowest BCUT2D eigenvalue weighted by Crippen LogP contribution is -2.36. The molecule has 17 heavy (non-hydrogen) atoms. The molecule has 0 fully saturated rings. The zero-order valence-electron chi connectivity index (χ0n) is 13.2. The van der Waals surface area contributed by atoms with Crippen molar-refractivity contribution in [3.05, 3.63) is 0 Å². The Balaban J connectivity index is 0. The average molecular weight is 244 g/mol. The fraction of sp³-hybridized carbons (Fsp3) is 0.923. The first-order valence-corrected chi connectivity index (χ1v) is 6.39. The zero-order valence-corrected chi connectivity index (χ0v) is 13.2. The van der Waals surface area contributed by atoms with Crippen LogP contribution in [0.5, 0.6) is 0 Å². The molecule has 0 atom stereocenters. The summed E-state index contributed by atoms with van der Waals surface area (Å²) in [5.74, 6) is 0.894. The second-order valence-corrected chi connectivity index (χ2v) is 4.71. The molecule has 104 valence electrons. The summed E-state index contributed by atoms with van der Waals surface area (Å²) in [5, 5.41) is 2.93. The summed E-state index contributed by atoms with van der Waals surface area (Å²) in [5.41, 5.74) is 0. The van der Waals surface area contributed by atoms with E-state index in [1.165, 1.54) is 0 Å². The topological polar surface area (TPSA) is 30.9 Å². The molecule has 0 saturated carbocycles. The predicted molar refractivity (Wildman–Crippen MR) is 78.8 cm³/mol. The lowest BCUT2D eigenvalue weighted by Gasteiger charge is -2.28. The minimum Gasteiger partial charge on any atom is -0.359 e. The molecular weight excluding hydrogens is 212 g/mol. The van der Waals surface area contributed by atoms with Crippen LogP contribution in [0, 0.1) is 0 Å². The van der Waals surface area contributed by atoms with Crippen molar-refractivity contribution >= 4 is 5.96 Å². The Morgan fingerprint density at radius 1 is 1.12 bits per heavy atom. The number of nitrogens with one attached hydrogen (secondary N) is 1. The Labute approximate surface area is 108 Å². The van der Waals surface area contributed by atoms with E-state index < -0.39 is 0 Å². The lowest BCUT2D eigenvalue weighted by molar-refractivity contribution is 0.185. The highest BCUT2D eigenvalue weighted by molar-refractivity contribution is 5.78. The fourth-order valence-electron chi connectivity index (χ4n) is 1.86. The van der Waals surface area contributed by atoms with Gasteiger partial charge in [-0.1, -0.05) is 6.92 Å². The first-order chi connectivity index (χ1) is 7.81. The van der Waals surface area contributed by atoms with Gasteiger partial charge in [0, 0.05) is 40.3 Å². The van der Waals surface area contributed by atoms with Crippen LogP contribution in [0.2, 0.25) is 0 Å². The predicted octanol–water partition coefficient (Wildman–Crippen LogP) is 1.88. The van der Waals surface area contributed by atoms with Crippen LogP contribution in [-0.2, 0) is 0 Å². The number of aliphatic imine (C=N–C) groups is 1. The summed E-state index contributed by atoms with van der Waals surface area (Å²) >= 11 is 0. The summed E-state index contributed by atoms with van der Waals surface area (Å²) in [6.07, 6.45) is 0. The van der Waals surface area contributed by atoms with Crippen molar-refractivity contribution in [1.82, 2.24) is 15.1 Å². The smallest absolute Gasteiger partial charge is 0.192 e. The monoisotopic (exact) mass is 244 g/mol. The molecule has 0 aromatic carbocycles. The molecule has 0 radical (unpaired) electrons. The van der Waals surface area contributed by atoms with Gasteiger partial charge in [-0.05, 0) is 34.2 Å².